The number of aromatic amines is 1. The number of aromatic nitrogens is 1. The molecule has 3 N–H and O–H groups in total. The average Bonchev–Trinajstić information content (AvgIpc) is 1.83. The van der Waals surface area contributed by atoms with Crippen molar-refractivity contribution in [2.24, 2.45) is 0 Å². The first kappa shape index (κ1) is 5.88. The van der Waals surface area contributed by atoms with E-state index in [0.717, 1.165) is 0 Å². The molecule has 1 rings (SSSR count). The van der Waals surface area contributed by atoms with Gasteiger partial charge in [-0.1, -0.05) is 0 Å². The number of nitrogens with two attached hydrogens (primary N) is 1. The lowest BCUT2D eigenvalue weighted by Gasteiger charge is -1.91. The summed E-state index contributed by atoms with van der Waals surface area (Å²) in [7, 11) is 0. The van der Waals surface area contributed by atoms with Gasteiger partial charge >= 0.3 is 0 Å². The van der Waals surface area contributed by atoms with Crippen LogP contribution in [0, 0.1) is 6.92 Å². The molecule has 0 aliphatic carbocycles. The molecule has 1 aromatic heterocycles. The van der Waals surface area contributed by atoms with E-state index in [1.165, 1.54) is 6.20 Å². The summed E-state index contributed by atoms with van der Waals surface area (Å²) in [4.78, 5) is 13.6. The van der Waals surface area contributed by atoms with Gasteiger partial charge in [0.05, 0.1) is 5.69 Å². The second-order valence-corrected chi connectivity index (χ2v) is 1.92. The molecule has 9 heavy (non-hydrogen) atoms. The Balaban J connectivity index is 3.43. The molecule has 0 spiro atoms. The third kappa shape index (κ3) is 0.937. The third-order valence-corrected chi connectivity index (χ3v) is 1.16. The molecule has 0 aromatic carbocycles. The van der Waals surface area contributed by atoms with Crippen LogP contribution in [-0.2, 0) is 0 Å². The van der Waals surface area contributed by atoms with Gasteiger partial charge in [0, 0.05) is 18.0 Å². The van der Waals surface area contributed by atoms with E-state index in [1.807, 2.05) is 0 Å². The van der Waals surface area contributed by atoms with Crippen molar-refractivity contribution in [1.29, 1.82) is 0 Å². The van der Waals surface area contributed by atoms with E-state index in [4.69, 9.17) is 5.73 Å². The lowest BCUT2D eigenvalue weighted by atomic mass is 10.3. The molecule has 1 aromatic rings. The number of rotatable bonds is 0. The van der Waals surface area contributed by atoms with Gasteiger partial charge in [-0.25, -0.2) is 0 Å². The van der Waals surface area contributed by atoms with Gasteiger partial charge in [-0.2, -0.15) is 0 Å². The maximum atomic E-state index is 10.8. The zero-order valence-electron chi connectivity index (χ0n) is 5.14. The Labute approximate surface area is 52.5 Å². The van der Waals surface area contributed by atoms with Crippen LogP contribution in [0.2, 0.25) is 0 Å². The summed E-state index contributed by atoms with van der Waals surface area (Å²) >= 11 is 0. The zero-order valence-corrected chi connectivity index (χ0v) is 5.14. The van der Waals surface area contributed by atoms with Crippen LogP contribution >= 0.6 is 0 Å². The molecule has 0 bridgehead atoms. The number of H-pyrrole nitrogens is 1. The standard InChI is InChI=1S/C6H8N2O/c1-4-2-8-3-5(7)6(4)9/h2-3H,7H2,1H3,(H,8,9). The Morgan fingerprint density at radius 2 is 2.22 bits per heavy atom. The van der Waals surface area contributed by atoms with Gasteiger partial charge in [-0.05, 0) is 6.92 Å². The molecule has 1 heterocycles. The zero-order chi connectivity index (χ0) is 6.85. The monoisotopic (exact) mass is 124 g/mol. The second kappa shape index (κ2) is 1.93. The van der Waals surface area contributed by atoms with Crippen LogP contribution < -0.4 is 11.2 Å². The number of anilines is 1. The summed E-state index contributed by atoms with van der Waals surface area (Å²) in [6.45, 7) is 1.72. The van der Waals surface area contributed by atoms with Crippen LogP contribution in [-0.4, -0.2) is 4.98 Å². The predicted octanol–water partition coefficient (Wildman–Crippen LogP) is 0.266. The van der Waals surface area contributed by atoms with Crippen molar-refractivity contribution in [3.8, 4) is 0 Å². The molecule has 0 amide bonds. The predicted molar refractivity (Wildman–Crippen MR) is 36.2 cm³/mol. The minimum Gasteiger partial charge on any atom is -0.394 e. The number of nitrogen functional groups attached to an aromatic ring is 1. The molecule has 0 saturated heterocycles. The fourth-order valence-corrected chi connectivity index (χ4v) is 0.615. The van der Waals surface area contributed by atoms with Crippen molar-refractivity contribution in [3.63, 3.8) is 0 Å². The van der Waals surface area contributed by atoms with Gasteiger partial charge < -0.3 is 10.7 Å². The molecule has 0 radical (unpaired) electrons. The van der Waals surface area contributed by atoms with E-state index in [9.17, 15) is 4.79 Å². The van der Waals surface area contributed by atoms with Crippen molar-refractivity contribution < 1.29 is 0 Å². The molecule has 0 aliphatic heterocycles. The highest BCUT2D eigenvalue weighted by molar-refractivity contribution is 5.36. The van der Waals surface area contributed by atoms with Crippen LogP contribution in [0.4, 0.5) is 5.69 Å². The first-order valence-electron chi connectivity index (χ1n) is 2.65. The van der Waals surface area contributed by atoms with E-state index < -0.39 is 0 Å². The van der Waals surface area contributed by atoms with Crippen molar-refractivity contribution >= 4 is 5.69 Å². The van der Waals surface area contributed by atoms with Gasteiger partial charge in [0.1, 0.15) is 0 Å². The molecule has 3 heteroatoms. The van der Waals surface area contributed by atoms with Crippen LogP contribution in [0.1, 0.15) is 5.56 Å². The van der Waals surface area contributed by atoms with E-state index in [0.29, 0.717) is 5.56 Å². The Hall–Kier alpha value is -1.25. The maximum Gasteiger partial charge on any atom is 0.207 e. The molecule has 0 atom stereocenters. The summed E-state index contributed by atoms with van der Waals surface area (Å²) < 4.78 is 0. The van der Waals surface area contributed by atoms with Crippen LogP contribution in [0.15, 0.2) is 17.2 Å². The topological polar surface area (TPSA) is 58.9 Å². The molecule has 3 nitrogen and oxygen atoms in total. The first-order chi connectivity index (χ1) is 4.22. The van der Waals surface area contributed by atoms with Gasteiger partial charge in [0.2, 0.25) is 5.43 Å². The molecule has 48 valence electrons. The SMILES string of the molecule is Cc1c[nH]cc(N)c1=O. The highest BCUT2D eigenvalue weighted by Gasteiger charge is 1.93. The minimum absolute atomic E-state index is 0.0891. The Bertz CT molecular complexity index is 241. The summed E-state index contributed by atoms with van der Waals surface area (Å²) in [5.41, 5.74) is 6.11. The van der Waals surface area contributed by atoms with Gasteiger partial charge in [0.15, 0.2) is 0 Å². The van der Waals surface area contributed by atoms with Crippen LogP contribution in [0.3, 0.4) is 0 Å². The normalized spacial score (nSPS) is 9.44. The summed E-state index contributed by atoms with van der Waals surface area (Å²) in [6.07, 6.45) is 3.11. The summed E-state index contributed by atoms with van der Waals surface area (Å²) in [6, 6.07) is 0. The van der Waals surface area contributed by atoms with Crippen molar-refractivity contribution in [3.05, 3.63) is 28.2 Å². The molecule has 0 fully saturated rings. The summed E-state index contributed by atoms with van der Waals surface area (Å²) in [5.74, 6) is 0. The van der Waals surface area contributed by atoms with Crippen LogP contribution in [0.5, 0.6) is 0 Å². The van der Waals surface area contributed by atoms with Gasteiger partial charge in [0.25, 0.3) is 0 Å². The molecule has 0 unspecified atom stereocenters. The number of hydrogen-bond acceptors (Lipinski definition) is 2. The van der Waals surface area contributed by atoms with Gasteiger partial charge in [-0.3, -0.25) is 4.79 Å². The number of aryl methyl sites for hydroxylation is 1. The van der Waals surface area contributed by atoms with Crippen molar-refractivity contribution in [2.45, 2.75) is 6.92 Å². The largest absolute Gasteiger partial charge is 0.394 e. The number of hydrogen-bond donors (Lipinski definition) is 2. The number of nitrogens with one attached hydrogen (secondary N) is 1. The van der Waals surface area contributed by atoms with Crippen LogP contribution in [0.25, 0.3) is 0 Å². The van der Waals surface area contributed by atoms with Crippen molar-refractivity contribution in [1.82, 2.24) is 4.98 Å². The number of pyridine rings is 1. The molecule has 0 aliphatic rings. The lowest BCUT2D eigenvalue weighted by molar-refractivity contribution is 1.24. The first-order valence-corrected chi connectivity index (χ1v) is 2.65. The third-order valence-electron chi connectivity index (χ3n) is 1.16. The molecular formula is C6H8N2O. The van der Waals surface area contributed by atoms with E-state index in [1.54, 1.807) is 13.1 Å². The fraction of sp³-hybridized carbons (Fsp3) is 0.167. The Kier molecular flexibility index (Phi) is 1.26. The van der Waals surface area contributed by atoms with E-state index in [2.05, 4.69) is 4.98 Å². The van der Waals surface area contributed by atoms with Gasteiger partial charge in [-0.15, -0.1) is 0 Å². The smallest absolute Gasteiger partial charge is 0.207 e. The fourth-order valence-electron chi connectivity index (χ4n) is 0.615. The minimum atomic E-state index is -0.0891. The summed E-state index contributed by atoms with van der Waals surface area (Å²) in [5, 5.41) is 0. The van der Waals surface area contributed by atoms with E-state index in [-0.39, 0.29) is 11.1 Å². The molecular weight excluding hydrogens is 116 g/mol. The van der Waals surface area contributed by atoms with E-state index >= 15 is 0 Å². The average molecular weight is 124 g/mol. The van der Waals surface area contributed by atoms with Crippen molar-refractivity contribution in [2.75, 3.05) is 5.73 Å². The lowest BCUT2D eigenvalue weighted by Crippen LogP contribution is -2.10. The molecule has 0 saturated carbocycles. The highest BCUT2D eigenvalue weighted by atomic mass is 16.1. The Morgan fingerprint density at radius 3 is 2.67 bits per heavy atom. The quantitative estimate of drug-likeness (QED) is 0.521. The Morgan fingerprint density at radius 1 is 1.56 bits per heavy atom. The maximum absolute atomic E-state index is 10.8. The highest BCUT2D eigenvalue weighted by Crippen LogP contribution is 1.90. The second-order valence-electron chi connectivity index (χ2n) is 1.92.